The van der Waals surface area contributed by atoms with Gasteiger partial charge in [-0.15, -0.1) is 12.4 Å². The molecule has 0 bridgehead atoms. The molecule has 9 nitrogen and oxygen atoms in total. The van der Waals surface area contributed by atoms with Crippen molar-refractivity contribution in [2.45, 2.75) is 45.4 Å². The lowest BCUT2D eigenvalue weighted by molar-refractivity contribution is -0.145. The second-order valence-corrected chi connectivity index (χ2v) is 9.14. The van der Waals surface area contributed by atoms with Crippen molar-refractivity contribution in [3.8, 4) is 23.0 Å². The molecule has 1 amide bonds. The third kappa shape index (κ3) is 7.88. The molecule has 0 radical (unpaired) electrons. The lowest BCUT2D eigenvalue weighted by Gasteiger charge is -2.18. The van der Waals surface area contributed by atoms with Gasteiger partial charge in [-0.05, 0) is 56.9 Å². The summed E-state index contributed by atoms with van der Waals surface area (Å²) in [6.07, 6.45) is 1.94. The molecule has 3 N–H and O–H groups in total. The van der Waals surface area contributed by atoms with E-state index in [1.807, 2.05) is 0 Å². The Bertz CT molecular complexity index is 1380. The Hall–Kier alpha value is -3.84. The summed E-state index contributed by atoms with van der Waals surface area (Å²) in [6.45, 7) is 0.212. The Labute approximate surface area is 238 Å². The van der Waals surface area contributed by atoms with E-state index in [0.717, 1.165) is 25.0 Å². The summed E-state index contributed by atoms with van der Waals surface area (Å²) in [5.74, 6) is -3.88. The van der Waals surface area contributed by atoms with Gasteiger partial charge in [0.2, 0.25) is 5.89 Å². The number of hydrogen-bond acceptors (Lipinski definition) is 8. The molecule has 3 aromatic rings. The molecule has 1 heterocycles. The van der Waals surface area contributed by atoms with Gasteiger partial charge in [-0.25, -0.2) is 18.6 Å². The SMILES string of the molecule is CCOC(=O)[C@H](NC(=O)c1nc(-c2ccc(OC(F)F)c(OCC3CC3)c2)oc1[C@H](C)N)c1ccc(F)cc1F.Cl. The average Bonchev–Trinajstić information content (AvgIpc) is 3.61. The molecule has 41 heavy (non-hydrogen) atoms. The van der Waals surface area contributed by atoms with E-state index in [9.17, 15) is 27.2 Å². The van der Waals surface area contributed by atoms with Crippen molar-refractivity contribution in [1.29, 1.82) is 0 Å². The predicted octanol–water partition coefficient (Wildman–Crippen LogP) is 5.49. The Morgan fingerprint density at radius 1 is 1.15 bits per heavy atom. The third-order valence-corrected chi connectivity index (χ3v) is 5.93. The number of aromatic nitrogens is 1. The van der Waals surface area contributed by atoms with Crippen LogP contribution in [0.5, 0.6) is 11.5 Å². The monoisotopic (exact) mass is 601 g/mol. The molecular formula is C27H28ClF4N3O6. The van der Waals surface area contributed by atoms with Crippen LogP contribution in [0, 0.1) is 17.6 Å². The zero-order valence-electron chi connectivity index (χ0n) is 22.0. The number of rotatable bonds is 12. The second-order valence-electron chi connectivity index (χ2n) is 9.14. The zero-order valence-corrected chi connectivity index (χ0v) is 22.8. The molecule has 0 unspecified atom stereocenters. The minimum absolute atomic E-state index is 0. The van der Waals surface area contributed by atoms with E-state index in [4.69, 9.17) is 19.6 Å². The molecule has 1 aliphatic rings. The van der Waals surface area contributed by atoms with Gasteiger partial charge in [0.05, 0.1) is 19.3 Å². The number of carbonyl (C=O) groups excluding carboxylic acids is 2. The van der Waals surface area contributed by atoms with E-state index in [2.05, 4.69) is 15.0 Å². The van der Waals surface area contributed by atoms with Crippen LogP contribution in [0.25, 0.3) is 11.5 Å². The number of nitrogens with zero attached hydrogens (tertiary/aromatic N) is 1. The first-order chi connectivity index (χ1) is 19.1. The van der Waals surface area contributed by atoms with Crippen LogP contribution in [-0.2, 0) is 9.53 Å². The fraction of sp³-hybridized carbons (Fsp3) is 0.370. The molecule has 1 fully saturated rings. The molecule has 14 heteroatoms. The van der Waals surface area contributed by atoms with Crippen LogP contribution in [0.3, 0.4) is 0 Å². The van der Waals surface area contributed by atoms with E-state index in [0.29, 0.717) is 18.6 Å². The Morgan fingerprint density at radius 3 is 2.49 bits per heavy atom. The van der Waals surface area contributed by atoms with E-state index in [-0.39, 0.29) is 59.0 Å². The highest BCUT2D eigenvalue weighted by Crippen LogP contribution is 2.37. The Morgan fingerprint density at radius 2 is 1.88 bits per heavy atom. The number of oxazole rings is 1. The number of ether oxygens (including phenoxy) is 3. The Kier molecular flexibility index (Phi) is 10.6. The smallest absolute Gasteiger partial charge is 0.387 e. The molecule has 0 spiro atoms. The molecule has 1 aromatic heterocycles. The quantitative estimate of drug-likeness (QED) is 0.206. The molecule has 4 rings (SSSR count). The molecule has 0 aliphatic heterocycles. The van der Waals surface area contributed by atoms with Crippen molar-refractivity contribution in [2.75, 3.05) is 13.2 Å². The lowest BCUT2D eigenvalue weighted by atomic mass is 10.1. The largest absolute Gasteiger partial charge is 0.489 e. The van der Waals surface area contributed by atoms with E-state index < -0.39 is 42.2 Å². The van der Waals surface area contributed by atoms with E-state index >= 15 is 0 Å². The first-order valence-electron chi connectivity index (χ1n) is 12.5. The molecule has 2 atom stereocenters. The maximum absolute atomic E-state index is 14.5. The highest BCUT2D eigenvalue weighted by atomic mass is 35.5. The molecule has 1 saturated carbocycles. The minimum Gasteiger partial charge on any atom is -0.489 e. The fourth-order valence-electron chi connectivity index (χ4n) is 3.79. The number of benzene rings is 2. The summed E-state index contributed by atoms with van der Waals surface area (Å²) in [4.78, 5) is 30.1. The first kappa shape index (κ1) is 31.7. The third-order valence-electron chi connectivity index (χ3n) is 5.93. The number of halogens is 5. The Balaban J connectivity index is 0.00000462. The number of nitrogens with one attached hydrogen (secondary N) is 1. The lowest BCUT2D eigenvalue weighted by Crippen LogP contribution is -2.36. The van der Waals surface area contributed by atoms with Gasteiger partial charge < -0.3 is 29.7 Å². The van der Waals surface area contributed by atoms with Crippen LogP contribution in [0.4, 0.5) is 17.6 Å². The summed E-state index contributed by atoms with van der Waals surface area (Å²) < 4.78 is 74.8. The minimum atomic E-state index is -3.07. The topological polar surface area (TPSA) is 126 Å². The fourth-order valence-corrected chi connectivity index (χ4v) is 3.79. The van der Waals surface area contributed by atoms with Crippen molar-refractivity contribution in [3.63, 3.8) is 0 Å². The zero-order chi connectivity index (χ0) is 29.0. The summed E-state index contributed by atoms with van der Waals surface area (Å²) in [7, 11) is 0. The van der Waals surface area contributed by atoms with E-state index in [1.54, 1.807) is 0 Å². The molecular weight excluding hydrogens is 574 g/mol. The van der Waals surface area contributed by atoms with Gasteiger partial charge in [0, 0.05) is 17.2 Å². The molecule has 2 aromatic carbocycles. The molecule has 0 saturated heterocycles. The van der Waals surface area contributed by atoms with Gasteiger partial charge in [0.1, 0.15) is 11.6 Å². The molecule has 1 aliphatic carbocycles. The van der Waals surface area contributed by atoms with Crippen molar-refractivity contribution >= 4 is 24.3 Å². The van der Waals surface area contributed by atoms with Crippen LogP contribution in [0.15, 0.2) is 40.8 Å². The standard InChI is InChI=1S/C27H27F4N3O6.ClH/c1-3-37-26(36)21(17-8-7-16(28)11-18(17)29)33-24(35)22-23(13(2)32)40-25(34-22)15-6-9-19(39-27(30)31)20(10-15)38-12-14-4-5-14;/h6-11,13-14,21,27H,3-5,12,32H2,1-2H3,(H,33,35);1H/t13-,21+;/m0./s1. The van der Waals surface area contributed by atoms with Crippen LogP contribution in [0.1, 0.15) is 60.6 Å². The summed E-state index contributed by atoms with van der Waals surface area (Å²) in [6, 6.07) is 4.05. The van der Waals surface area contributed by atoms with Crippen LogP contribution >= 0.6 is 12.4 Å². The van der Waals surface area contributed by atoms with Crippen LogP contribution < -0.4 is 20.5 Å². The first-order valence-corrected chi connectivity index (χ1v) is 12.5. The van der Waals surface area contributed by atoms with Gasteiger partial charge in [-0.3, -0.25) is 4.79 Å². The summed E-state index contributed by atoms with van der Waals surface area (Å²) in [5, 5.41) is 2.35. The molecule has 222 valence electrons. The van der Waals surface area contributed by atoms with Crippen LogP contribution in [0.2, 0.25) is 0 Å². The van der Waals surface area contributed by atoms with Crippen LogP contribution in [-0.4, -0.2) is 36.7 Å². The summed E-state index contributed by atoms with van der Waals surface area (Å²) in [5.41, 5.74) is 5.62. The van der Waals surface area contributed by atoms with Gasteiger partial charge in [-0.1, -0.05) is 6.07 Å². The van der Waals surface area contributed by atoms with Crippen molar-refractivity contribution < 1.29 is 45.8 Å². The van der Waals surface area contributed by atoms with Crippen molar-refractivity contribution in [3.05, 3.63) is 65.1 Å². The van der Waals surface area contributed by atoms with Gasteiger partial charge in [0.15, 0.2) is 29.0 Å². The number of esters is 1. The number of nitrogens with two attached hydrogens (primary N) is 1. The normalized spacial score (nSPS) is 14.1. The van der Waals surface area contributed by atoms with Crippen molar-refractivity contribution in [1.82, 2.24) is 10.3 Å². The number of alkyl halides is 2. The van der Waals surface area contributed by atoms with E-state index in [1.165, 1.54) is 32.0 Å². The van der Waals surface area contributed by atoms with Gasteiger partial charge >= 0.3 is 12.6 Å². The van der Waals surface area contributed by atoms with Gasteiger partial charge in [-0.2, -0.15) is 8.78 Å². The average molecular weight is 602 g/mol. The number of amides is 1. The highest BCUT2D eigenvalue weighted by molar-refractivity contribution is 5.97. The maximum atomic E-state index is 14.5. The van der Waals surface area contributed by atoms with Gasteiger partial charge in [0.25, 0.3) is 5.91 Å². The number of carbonyl (C=O) groups is 2. The second kappa shape index (κ2) is 13.7. The number of hydrogen-bond donors (Lipinski definition) is 2. The van der Waals surface area contributed by atoms with Crippen molar-refractivity contribution in [2.24, 2.45) is 11.7 Å². The summed E-state index contributed by atoms with van der Waals surface area (Å²) >= 11 is 0. The maximum Gasteiger partial charge on any atom is 0.387 e. The predicted molar refractivity (Wildman–Crippen MR) is 140 cm³/mol. The highest BCUT2D eigenvalue weighted by Gasteiger charge is 2.31.